The highest BCUT2D eigenvalue weighted by molar-refractivity contribution is 8.09. The Morgan fingerprint density at radius 2 is 1.74 bits per heavy atom. The van der Waals surface area contributed by atoms with Gasteiger partial charge in [0.25, 0.3) is 10.0 Å². The number of ketones is 1. The van der Waals surface area contributed by atoms with Gasteiger partial charge in [-0.2, -0.15) is 13.5 Å². The molecular formula is C15H12FN3O3S. The Bertz CT molecular complexity index is 908. The fourth-order valence-electron chi connectivity index (χ4n) is 2.18. The molecule has 0 saturated heterocycles. The van der Waals surface area contributed by atoms with E-state index in [0.29, 0.717) is 11.4 Å². The molecule has 0 saturated carbocycles. The number of sulfonamides is 1. The number of carbonyl (C=O) groups excluding carboxylic acids is 1. The molecule has 1 aliphatic heterocycles. The highest BCUT2D eigenvalue weighted by atomic mass is 32.2. The normalized spacial score (nSPS) is 17.9. The lowest BCUT2D eigenvalue weighted by Gasteiger charge is -2.26. The summed E-state index contributed by atoms with van der Waals surface area (Å²) in [6.45, 7) is 0. The van der Waals surface area contributed by atoms with Crippen molar-refractivity contribution in [1.29, 1.82) is 0 Å². The Balaban J connectivity index is 2.03. The number of rotatable bonds is 2. The van der Waals surface area contributed by atoms with Crippen LogP contribution in [0.2, 0.25) is 0 Å². The maximum Gasteiger partial charge on any atom is 0.287 e. The number of para-hydroxylation sites is 1. The second-order valence-electron chi connectivity index (χ2n) is 4.85. The number of nitrogens with one attached hydrogen (secondary N) is 1. The van der Waals surface area contributed by atoms with Gasteiger partial charge in [-0.25, -0.2) is 4.39 Å². The van der Waals surface area contributed by atoms with Crippen molar-refractivity contribution in [3.8, 4) is 0 Å². The lowest BCUT2D eigenvalue weighted by atomic mass is 10.1. The summed E-state index contributed by atoms with van der Waals surface area (Å²) in [5.41, 5.74) is 3.40. The molecule has 8 heteroatoms. The molecule has 6 nitrogen and oxygen atoms in total. The molecule has 0 spiro atoms. The Kier molecular flexibility index (Phi) is 3.61. The third kappa shape index (κ3) is 2.57. The maximum atomic E-state index is 12.9. The topological polar surface area (TPSA) is 78.8 Å². The zero-order valence-electron chi connectivity index (χ0n) is 12.0. The molecule has 118 valence electrons. The van der Waals surface area contributed by atoms with Crippen LogP contribution in [0.15, 0.2) is 53.6 Å². The quantitative estimate of drug-likeness (QED) is 0.855. The molecule has 1 heterocycles. The Morgan fingerprint density at radius 3 is 2.43 bits per heavy atom. The summed E-state index contributed by atoms with van der Waals surface area (Å²) >= 11 is 0. The number of hydrazone groups is 1. The molecule has 1 aliphatic rings. The molecule has 0 atom stereocenters. The molecule has 0 bridgehead atoms. The summed E-state index contributed by atoms with van der Waals surface area (Å²) in [5.74, 6) is -1.12. The minimum absolute atomic E-state index is 0.254. The van der Waals surface area contributed by atoms with E-state index in [2.05, 4.69) is 10.5 Å². The van der Waals surface area contributed by atoms with Crippen LogP contribution in [0.1, 0.15) is 10.4 Å². The van der Waals surface area contributed by atoms with Crippen molar-refractivity contribution >= 4 is 32.2 Å². The van der Waals surface area contributed by atoms with Gasteiger partial charge in [0.05, 0.1) is 11.4 Å². The van der Waals surface area contributed by atoms with E-state index < -0.39 is 26.7 Å². The molecule has 2 aromatic carbocycles. The number of benzene rings is 2. The number of Topliss-reactive ketones (excluding diaryl/α,β-unsaturated/α-hetero) is 1. The monoisotopic (exact) mass is 333 g/mol. The summed E-state index contributed by atoms with van der Waals surface area (Å²) in [7, 11) is -2.69. The third-order valence-corrected chi connectivity index (χ3v) is 5.10. The number of halogens is 1. The first-order chi connectivity index (χ1) is 10.9. The van der Waals surface area contributed by atoms with Crippen LogP contribution in [0.3, 0.4) is 0 Å². The smallest absolute Gasteiger partial charge is 0.286 e. The lowest BCUT2D eigenvalue weighted by Crippen LogP contribution is -2.43. The van der Waals surface area contributed by atoms with Gasteiger partial charge in [0.2, 0.25) is 10.8 Å². The van der Waals surface area contributed by atoms with Gasteiger partial charge in [-0.05, 0) is 36.4 Å². The predicted octanol–water partition coefficient (Wildman–Crippen LogP) is 2.21. The number of carbonyl (C=O) groups is 1. The summed E-state index contributed by atoms with van der Waals surface area (Å²) in [4.78, 5) is 12.4. The Labute approximate surface area is 132 Å². The zero-order chi connectivity index (χ0) is 16.6. The highest BCUT2D eigenvalue weighted by Crippen LogP contribution is 2.29. The van der Waals surface area contributed by atoms with Crippen molar-refractivity contribution in [3.63, 3.8) is 0 Å². The van der Waals surface area contributed by atoms with E-state index in [-0.39, 0.29) is 5.56 Å². The van der Waals surface area contributed by atoms with Gasteiger partial charge < -0.3 is 0 Å². The number of hydrogen-bond donors (Lipinski definition) is 1. The number of fused-ring (bicyclic) bond motifs is 1. The van der Waals surface area contributed by atoms with Crippen molar-refractivity contribution < 1.29 is 17.6 Å². The van der Waals surface area contributed by atoms with Gasteiger partial charge in [-0.1, -0.05) is 12.1 Å². The third-order valence-electron chi connectivity index (χ3n) is 3.42. The molecule has 0 fully saturated rings. The van der Waals surface area contributed by atoms with E-state index in [1.807, 2.05) is 0 Å². The van der Waals surface area contributed by atoms with Crippen LogP contribution < -0.4 is 9.73 Å². The van der Waals surface area contributed by atoms with Gasteiger partial charge in [0, 0.05) is 12.6 Å². The van der Waals surface area contributed by atoms with Gasteiger partial charge in [-0.3, -0.25) is 14.5 Å². The molecule has 1 N–H and O–H groups in total. The van der Waals surface area contributed by atoms with Crippen LogP contribution in [0, 0.1) is 5.82 Å². The molecule has 2 aromatic rings. The molecule has 0 aliphatic carbocycles. The Hall–Kier alpha value is -2.74. The van der Waals surface area contributed by atoms with Gasteiger partial charge >= 0.3 is 0 Å². The van der Waals surface area contributed by atoms with Crippen LogP contribution in [0.25, 0.3) is 0 Å². The van der Waals surface area contributed by atoms with Crippen molar-refractivity contribution in [3.05, 3.63) is 59.9 Å². The summed E-state index contributed by atoms with van der Waals surface area (Å²) < 4.78 is 38.7. The second-order valence-corrected chi connectivity index (χ2v) is 6.74. The lowest BCUT2D eigenvalue weighted by molar-refractivity contribution is 0.106. The van der Waals surface area contributed by atoms with Crippen molar-refractivity contribution in [2.45, 2.75) is 0 Å². The van der Waals surface area contributed by atoms with Crippen molar-refractivity contribution in [1.82, 2.24) is 0 Å². The zero-order valence-corrected chi connectivity index (χ0v) is 12.8. The molecule has 0 unspecified atom stereocenters. The SMILES string of the molecule is CN1c2ccccc2C(=O)/C(=N\Nc2ccc(F)cc2)S1(=O)=O. The van der Waals surface area contributed by atoms with Gasteiger partial charge in [0.1, 0.15) is 5.82 Å². The molecule has 3 rings (SSSR count). The summed E-state index contributed by atoms with van der Waals surface area (Å²) in [6.07, 6.45) is 0. The molecule has 0 radical (unpaired) electrons. The largest absolute Gasteiger partial charge is 0.287 e. The van der Waals surface area contributed by atoms with E-state index in [1.165, 1.54) is 37.4 Å². The number of hydrogen-bond acceptors (Lipinski definition) is 5. The molecular weight excluding hydrogens is 321 g/mol. The average molecular weight is 333 g/mol. The standard InChI is InChI=1S/C15H12FN3O3S/c1-19-13-5-3-2-4-12(13)14(20)15(23(19,21)22)18-17-11-8-6-10(16)7-9-11/h2-9,17H,1H3/b18-15+. The van der Waals surface area contributed by atoms with Crippen LogP contribution in [0.4, 0.5) is 15.8 Å². The van der Waals surface area contributed by atoms with Gasteiger partial charge in [0.15, 0.2) is 0 Å². The number of anilines is 2. The van der Waals surface area contributed by atoms with E-state index in [1.54, 1.807) is 18.2 Å². The van der Waals surface area contributed by atoms with E-state index >= 15 is 0 Å². The first kappa shape index (κ1) is 15.2. The van der Waals surface area contributed by atoms with E-state index in [0.717, 1.165) is 4.31 Å². The Morgan fingerprint density at radius 1 is 1.09 bits per heavy atom. The molecule has 23 heavy (non-hydrogen) atoms. The minimum Gasteiger partial charge on any atom is -0.286 e. The first-order valence-corrected chi connectivity index (χ1v) is 8.07. The second kappa shape index (κ2) is 5.47. The van der Waals surface area contributed by atoms with Crippen molar-refractivity contribution in [2.75, 3.05) is 16.8 Å². The number of nitrogens with zero attached hydrogens (tertiary/aromatic N) is 2. The minimum atomic E-state index is -4.05. The van der Waals surface area contributed by atoms with Crippen LogP contribution in [-0.2, 0) is 10.0 Å². The average Bonchev–Trinajstić information content (AvgIpc) is 2.54. The molecule has 0 amide bonds. The van der Waals surface area contributed by atoms with E-state index in [4.69, 9.17) is 0 Å². The fourth-order valence-corrected chi connectivity index (χ4v) is 3.36. The predicted molar refractivity (Wildman–Crippen MR) is 85.6 cm³/mol. The van der Waals surface area contributed by atoms with Crippen LogP contribution in [-0.4, -0.2) is 26.3 Å². The maximum absolute atomic E-state index is 12.9. The fraction of sp³-hybridized carbons (Fsp3) is 0.0667. The van der Waals surface area contributed by atoms with Crippen LogP contribution >= 0.6 is 0 Å². The van der Waals surface area contributed by atoms with Crippen molar-refractivity contribution in [2.24, 2.45) is 5.10 Å². The van der Waals surface area contributed by atoms with Gasteiger partial charge in [-0.15, -0.1) is 0 Å². The summed E-state index contributed by atoms with van der Waals surface area (Å²) in [6, 6.07) is 11.5. The van der Waals surface area contributed by atoms with E-state index in [9.17, 15) is 17.6 Å². The molecule has 0 aromatic heterocycles. The highest BCUT2D eigenvalue weighted by Gasteiger charge is 2.39. The summed E-state index contributed by atoms with van der Waals surface area (Å²) in [5, 5.41) is 3.12. The first-order valence-electron chi connectivity index (χ1n) is 6.63. The van der Waals surface area contributed by atoms with Crippen LogP contribution in [0.5, 0.6) is 0 Å².